The second-order valence-corrected chi connectivity index (χ2v) is 4.60. The molecule has 0 atom stereocenters. The van der Waals surface area contributed by atoms with Crippen molar-refractivity contribution in [1.82, 2.24) is 15.1 Å². The number of anilines is 1. The summed E-state index contributed by atoms with van der Waals surface area (Å²) in [6.07, 6.45) is 3.96. The maximum Gasteiger partial charge on any atom is 0.148 e. The number of aromatic nitrogens is 2. The number of hydrogen-bond acceptors (Lipinski definition) is 3. The van der Waals surface area contributed by atoms with Crippen LogP contribution in [0.4, 0.5) is 5.82 Å². The molecule has 1 aromatic heterocycles. The van der Waals surface area contributed by atoms with E-state index in [1.165, 1.54) is 25.0 Å². The van der Waals surface area contributed by atoms with Crippen molar-refractivity contribution in [2.75, 3.05) is 18.4 Å². The first kappa shape index (κ1) is 9.21. The Morgan fingerprint density at radius 2 is 2.47 bits per heavy atom. The van der Waals surface area contributed by atoms with Gasteiger partial charge < -0.3 is 10.6 Å². The van der Waals surface area contributed by atoms with Gasteiger partial charge in [0.25, 0.3) is 0 Å². The lowest BCUT2D eigenvalue weighted by Gasteiger charge is -2.00. The number of nitrogens with one attached hydrogen (secondary N) is 2. The van der Waals surface area contributed by atoms with E-state index in [0.717, 1.165) is 37.9 Å². The van der Waals surface area contributed by atoms with Gasteiger partial charge in [-0.1, -0.05) is 0 Å². The van der Waals surface area contributed by atoms with E-state index in [-0.39, 0.29) is 0 Å². The van der Waals surface area contributed by atoms with Crippen molar-refractivity contribution in [2.45, 2.75) is 32.4 Å². The van der Waals surface area contributed by atoms with E-state index in [2.05, 4.69) is 26.5 Å². The summed E-state index contributed by atoms with van der Waals surface area (Å²) >= 11 is 0. The maximum atomic E-state index is 4.58. The first-order chi connectivity index (χ1) is 7.42. The van der Waals surface area contributed by atoms with Gasteiger partial charge in [0.1, 0.15) is 5.82 Å². The molecule has 1 aliphatic carbocycles. The molecule has 4 nitrogen and oxygen atoms in total. The van der Waals surface area contributed by atoms with Crippen LogP contribution in [0.25, 0.3) is 0 Å². The molecule has 2 N–H and O–H groups in total. The van der Waals surface area contributed by atoms with Crippen molar-refractivity contribution in [1.29, 1.82) is 0 Å². The molecule has 2 heterocycles. The van der Waals surface area contributed by atoms with Gasteiger partial charge in [-0.05, 0) is 31.7 Å². The molecule has 1 aliphatic heterocycles. The maximum absolute atomic E-state index is 4.58. The van der Waals surface area contributed by atoms with Crippen LogP contribution >= 0.6 is 0 Å². The van der Waals surface area contributed by atoms with Gasteiger partial charge in [0, 0.05) is 25.7 Å². The molecule has 2 aliphatic rings. The van der Waals surface area contributed by atoms with Gasteiger partial charge in [0.15, 0.2) is 0 Å². The smallest absolute Gasteiger partial charge is 0.148 e. The van der Waals surface area contributed by atoms with Gasteiger partial charge >= 0.3 is 0 Å². The lowest BCUT2D eigenvalue weighted by Crippen LogP contribution is -2.11. The summed E-state index contributed by atoms with van der Waals surface area (Å²) in [6, 6.07) is 2.18. The Morgan fingerprint density at radius 1 is 1.53 bits per heavy atom. The van der Waals surface area contributed by atoms with Crippen molar-refractivity contribution in [2.24, 2.45) is 5.92 Å². The normalized spacial score (nSPS) is 20.8. The monoisotopic (exact) mass is 206 g/mol. The van der Waals surface area contributed by atoms with E-state index in [1.54, 1.807) is 0 Å². The van der Waals surface area contributed by atoms with Crippen LogP contribution in [-0.2, 0) is 13.1 Å². The average molecular weight is 206 g/mol. The van der Waals surface area contributed by atoms with Crippen LogP contribution in [0.5, 0.6) is 0 Å². The largest absolute Gasteiger partial charge is 0.368 e. The molecule has 0 unspecified atom stereocenters. The highest BCUT2D eigenvalue weighted by molar-refractivity contribution is 5.36. The third kappa shape index (κ3) is 2.15. The Balaban J connectivity index is 1.67. The minimum absolute atomic E-state index is 0.907. The predicted molar refractivity (Wildman–Crippen MR) is 59.8 cm³/mol. The Morgan fingerprint density at radius 3 is 3.33 bits per heavy atom. The second-order valence-electron chi connectivity index (χ2n) is 4.60. The summed E-state index contributed by atoms with van der Waals surface area (Å²) in [4.78, 5) is 0. The predicted octanol–water partition coefficient (Wildman–Crippen LogP) is 1.20. The third-order valence-electron chi connectivity index (χ3n) is 3.16. The van der Waals surface area contributed by atoms with Gasteiger partial charge in [-0.25, -0.2) is 0 Å². The van der Waals surface area contributed by atoms with Gasteiger partial charge in [-0.15, -0.1) is 0 Å². The van der Waals surface area contributed by atoms with Gasteiger partial charge in [-0.2, -0.15) is 5.10 Å². The second kappa shape index (κ2) is 3.85. The topological polar surface area (TPSA) is 41.9 Å². The van der Waals surface area contributed by atoms with Gasteiger partial charge in [-0.3, -0.25) is 4.68 Å². The number of nitrogens with zero attached hydrogens (tertiary/aromatic N) is 2. The zero-order valence-electron chi connectivity index (χ0n) is 9.00. The molecule has 0 saturated heterocycles. The highest BCUT2D eigenvalue weighted by Gasteiger charge is 2.21. The van der Waals surface area contributed by atoms with Crippen molar-refractivity contribution in [3.8, 4) is 0 Å². The summed E-state index contributed by atoms with van der Waals surface area (Å²) in [6.45, 7) is 4.21. The molecular formula is C11H18N4. The fraction of sp³-hybridized carbons (Fsp3) is 0.727. The van der Waals surface area contributed by atoms with Gasteiger partial charge in [0.2, 0.25) is 0 Å². The molecule has 4 heteroatoms. The molecule has 82 valence electrons. The minimum Gasteiger partial charge on any atom is -0.368 e. The first-order valence-electron chi connectivity index (χ1n) is 5.93. The standard InChI is InChI=1S/C11H18N4/c1-4-12-8-10-6-11(14-15(10)5-1)13-7-9-2-3-9/h6,9,12H,1-5,7-8H2,(H,13,14). The first-order valence-corrected chi connectivity index (χ1v) is 5.93. The zero-order chi connectivity index (χ0) is 10.1. The highest BCUT2D eigenvalue weighted by atomic mass is 15.3. The van der Waals surface area contributed by atoms with Crippen LogP contribution in [0.2, 0.25) is 0 Å². The molecule has 0 aromatic carbocycles. The molecule has 0 amide bonds. The molecule has 0 spiro atoms. The number of fused-ring (bicyclic) bond motifs is 1. The molecular weight excluding hydrogens is 188 g/mol. The fourth-order valence-electron chi connectivity index (χ4n) is 2.02. The van der Waals surface area contributed by atoms with E-state index < -0.39 is 0 Å². The van der Waals surface area contributed by atoms with Crippen LogP contribution < -0.4 is 10.6 Å². The van der Waals surface area contributed by atoms with Crippen LogP contribution in [0, 0.1) is 5.92 Å². The van der Waals surface area contributed by atoms with E-state index in [1.807, 2.05) is 0 Å². The Hall–Kier alpha value is -1.03. The van der Waals surface area contributed by atoms with Crippen molar-refractivity contribution in [3.05, 3.63) is 11.8 Å². The molecule has 1 fully saturated rings. The van der Waals surface area contributed by atoms with E-state index in [0.29, 0.717) is 0 Å². The highest BCUT2D eigenvalue weighted by Crippen LogP contribution is 2.28. The Kier molecular flexibility index (Phi) is 2.37. The number of aryl methyl sites for hydroxylation is 1. The number of hydrogen-bond donors (Lipinski definition) is 2. The minimum atomic E-state index is 0.907. The van der Waals surface area contributed by atoms with Crippen molar-refractivity contribution < 1.29 is 0 Å². The summed E-state index contributed by atoms with van der Waals surface area (Å²) in [5, 5.41) is 11.4. The Bertz CT molecular complexity index is 317. The van der Waals surface area contributed by atoms with Crippen LogP contribution in [0.3, 0.4) is 0 Å². The van der Waals surface area contributed by atoms with E-state index in [4.69, 9.17) is 0 Å². The lowest BCUT2D eigenvalue weighted by atomic mass is 10.4. The SMILES string of the molecule is c1c(NCC2CC2)nn2c1CNCCC2. The van der Waals surface area contributed by atoms with E-state index >= 15 is 0 Å². The summed E-state index contributed by atoms with van der Waals surface area (Å²) in [5.41, 5.74) is 1.31. The average Bonchev–Trinajstić information content (AvgIpc) is 3.02. The van der Waals surface area contributed by atoms with Crippen molar-refractivity contribution >= 4 is 5.82 Å². The van der Waals surface area contributed by atoms with Crippen LogP contribution in [-0.4, -0.2) is 22.9 Å². The molecule has 1 saturated carbocycles. The zero-order valence-corrected chi connectivity index (χ0v) is 9.00. The molecule has 0 bridgehead atoms. The summed E-state index contributed by atoms with van der Waals surface area (Å²) in [5.74, 6) is 1.96. The third-order valence-corrected chi connectivity index (χ3v) is 3.16. The fourth-order valence-corrected chi connectivity index (χ4v) is 2.02. The summed E-state index contributed by atoms with van der Waals surface area (Å²) < 4.78 is 2.13. The lowest BCUT2D eigenvalue weighted by molar-refractivity contribution is 0.588. The molecule has 15 heavy (non-hydrogen) atoms. The molecule has 0 radical (unpaired) electrons. The Labute approximate surface area is 90.0 Å². The quantitative estimate of drug-likeness (QED) is 0.781. The summed E-state index contributed by atoms with van der Waals surface area (Å²) in [7, 11) is 0. The van der Waals surface area contributed by atoms with Gasteiger partial charge in [0.05, 0.1) is 5.69 Å². The number of rotatable bonds is 3. The van der Waals surface area contributed by atoms with E-state index in [9.17, 15) is 0 Å². The van der Waals surface area contributed by atoms with Crippen molar-refractivity contribution in [3.63, 3.8) is 0 Å². The molecule has 3 rings (SSSR count). The van der Waals surface area contributed by atoms with Crippen LogP contribution in [0.1, 0.15) is 25.0 Å². The molecule has 1 aromatic rings. The van der Waals surface area contributed by atoms with Crippen LogP contribution in [0.15, 0.2) is 6.07 Å².